The van der Waals surface area contributed by atoms with Gasteiger partial charge in [-0.15, -0.1) is 0 Å². The first kappa shape index (κ1) is 16.6. The molecule has 0 atom stereocenters. The molecule has 1 aromatic carbocycles. The Morgan fingerprint density at radius 3 is 1.39 bits per heavy atom. The van der Waals surface area contributed by atoms with Gasteiger partial charge in [0.15, 0.2) is 0 Å². The number of aromatic hydroxyl groups is 2. The van der Waals surface area contributed by atoms with E-state index in [1.54, 1.807) is 0 Å². The van der Waals surface area contributed by atoms with Crippen molar-refractivity contribution in [1.82, 2.24) is 0 Å². The minimum absolute atomic E-state index is 0. The number of benzene rings is 1. The van der Waals surface area contributed by atoms with Crippen LogP contribution in [-0.2, 0) is 0 Å². The van der Waals surface area contributed by atoms with Crippen LogP contribution < -0.4 is 0 Å². The van der Waals surface area contributed by atoms with E-state index < -0.39 is 43.3 Å². The maximum atomic E-state index is 10.4. The van der Waals surface area contributed by atoms with E-state index in [2.05, 4.69) is 0 Å². The predicted octanol–water partition coefficient (Wildman–Crippen LogP) is 0.442. The van der Waals surface area contributed by atoms with Gasteiger partial charge in [-0.2, -0.15) is 0 Å². The van der Waals surface area contributed by atoms with Crippen molar-refractivity contribution in [3.05, 3.63) is 36.4 Å². The molecule has 0 saturated heterocycles. The summed E-state index contributed by atoms with van der Waals surface area (Å²) in [6.07, 6.45) is 0. The van der Waals surface area contributed by atoms with Gasteiger partial charge in [0.2, 0.25) is 0 Å². The normalized spacial score (nSPS) is 9.33. The molecule has 11 nitrogen and oxygen atoms in total. The van der Waals surface area contributed by atoms with Gasteiger partial charge in [-0.3, -0.25) is 30.3 Å². The molecule has 90 valence electrons. The SMILES string of the molecule is O=[N+]([O-])c1cc([N+](=O)[O-])c(O)c([N+](=O)[O-])c1O.[Ba+2]. The van der Waals surface area contributed by atoms with Crippen LogP contribution in [-0.4, -0.2) is 73.9 Å². The number of nitro benzene ring substituents is 3. The first-order valence-corrected chi connectivity index (χ1v) is 3.79. The second-order valence-corrected chi connectivity index (χ2v) is 2.73. The summed E-state index contributed by atoms with van der Waals surface area (Å²) in [4.78, 5) is 27.4. The molecular formula is C6H3BaN3O8+2. The molecule has 12 heteroatoms. The number of hydrogen-bond acceptors (Lipinski definition) is 8. The minimum atomic E-state index is -1.48. The number of nitro groups is 3. The molecule has 1 rings (SSSR count). The van der Waals surface area contributed by atoms with Crippen molar-refractivity contribution in [2.45, 2.75) is 0 Å². The van der Waals surface area contributed by atoms with Crippen LogP contribution in [0.25, 0.3) is 0 Å². The van der Waals surface area contributed by atoms with Crippen molar-refractivity contribution >= 4 is 65.9 Å². The zero-order chi connectivity index (χ0) is 13.3. The Morgan fingerprint density at radius 1 is 0.833 bits per heavy atom. The van der Waals surface area contributed by atoms with Crippen LogP contribution in [0.1, 0.15) is 0 Å². The summed E-state index contributed by atoms with van der Waals surface area (Å²) < 4.78 is 0. The van der Waals surface area contributed by atoms with Crippen LogP contribution in [0, 0.1) is 30.3 Å². The summed E-state index contributed by atoms with van der Waals surface area (Å²) in [6.45, 7) is 0. The second-order valence-electron chi connectivity index (χ2n) is 2.73. The Labute approximate surface area is 138 Å². The zero-order valence-corrected chi connectivity index (χ0v) is 12.9. The van der Waals surface area contributed by atoms with Gasteiger partial charge in [0.25, 0.3) is 11.5 Å². The van der Waals surface area contributed by atoms with E-state index >= 15 is 0 Å². The van der Waals surface area contributed by atoms with Crippen LogP contribution in [0.2, 0.25) is 0 Å². The van der Waals surface area contributed by atoms with Crippen LogP contribution in [0.15, 0.2) is 6.07 Å². The molecular weight excluding hydrogens is 379 g/mol. The first-order valence-electron chi connectivity index (χ1n) is 3.79. The fraction of sp³-hybridized carbons (Fsp3) is 0. The van der Waals surface area contributed by atoms with Gasteiger partial charge in [-0.05, 0) is 0 Å². The summed E-state index contributed by atoms with van der Waals surface area (Å²) in [5, 5.41) is 49.5. The van der Waals surface area contributed by atoms with Crippen LogP contribution in [0.4, 0.5) is 17.1 Å². The Balaban J connectivity index is 0.00000289. The Hall–Kier alpha value is -1.41. The van der Waals surface area contributed by atoms with Gasteiger partial charge in [-0.1, -0.05) is 0 Å². The van der Waals surface area contributed by atoms with Gasteiger partial charge >= 0.3 is 65.9 Å². The Morgan fingerprint density at radius 2 is 1.17 bits per heavy atom. The number of hydrogen-bond donors (Lipinski definition) is 2. The molecule has 0 aromatic heterocycles. The number of phenolic OH excluding ortho intramolecular Hbond substituents is 2. The third kappa shape index (κ3) is 2.88. The summed E-state index contributed by atoms with van der Waals surface area (Å²) >= 11 is 0. The third-order valence-corrected chi connectivity index (χ3v) is 1.78. The van der Waals surface area contributed by atoms with Gasteiger partial charge in [0.05, 0.1) is 14.8 Å². The molecule has 0 spiro atoms. The topological polar surface area (TPSA) is 170 Å². The molecule has 1 aromatic rings. The van der Waals surface area contributed by atoms with Gasteiger partial charge < -0.3 is 10.2 Å². The molecule has 0 bridgehead atoms. The van der Waals surface area contributed by atoms with Crippen LogP contribution >= 0.6 is 0 Å². The largest absolute Gasteiger partial charge is 2.00 e. The maximum absolute atomic E-state index is 10.4. The second kappa shape index (κ2) is 5.96. The summed E-state index contributed by atoms with van der Waals surface area (Å²) in [7, 11) is 0. The van der Waals surface area contributed by atoms with Crippen molar-refractivity contribution in [3.63, 3.8) is 0 Å². The van der Waals surface area contributed by atoms with Gasteiger partial charge in [0.1, 0.15) is 6.07 Å². The molecule has 0 aliphatic carbocycles. The van der Waals surface area contributed by atoms with E-state index in [9.17, 15) is 30.3 Å². The van der Waals surface area contributed by atoms with E-state index in [0.29, 0.717) is 0 Å². The molecule has 0 aliphatic rings. The molecule has 0 saturated carbocycles. The summed E-state index contributed by atoms with van der Waals surface area (Å²) in [5.41, 5.74) is -3.95. The molecule has 18 heavy (non-hydrogen) atoms. The number of rotatable bonds is 3. The minimum Gasteiger partial charge on any atom is -0.497 e. The van der Waals surface area contributed by atoms with Gasteiger partial charge in [-0.25, -0.2) is 0 Å². The van der Waals surface area contributed by atoms with Crippen LogP contribution in [0.3, 0.4) is 0 Å². The number of phenols is 2. The average molecular weight is 382 g/mol. The van der Waals surface area contributed by atoms with E-state index in [-0.39, 0.29) is 54.9 Å². The van der Waals surface area contributed by atoms with E-state index in [1.807, 2.05) is 0 Å². The molecule has 0 aliphatic heterocycles. The standard InChI is InChI=1S/C6H3N3O8.Ba/c10-5-2(7(12)13)1-3(8(14)15)6(11)4(5)9(16)17;/h1,10-11H;/q;+2. The molecule has 0 fully saturated rings. The number of nitrogens with zero attached hydrogens (tertiary/aromatic N) is 3. The molecule has 0 unspecified atom stereocenters. The first-order chi connectivity index (χ1) is 7.77. The zero-order valence-electron chi connectivity index (χ0n) is 8.47. The predicted molar refractivity (Wildman–Crippen MR) is 55.5 cm³/mol. The third-order valence-electron chi connectivity index (χ3n) is 1.78. The van der Waals surface area contributed by atoms with E-state index in [4.69, 9.17) is 10.2 Å². The quantitative estimate of drug-likeness (QED) is 0.431. The smallest absolute Gasteiger partial charge is 0.497 e. The summed E-state index contributed by atoms with van der Waals surface area (Å²) in [5.74, 6) is -2.88. The molecule has 0 heterocycles. The van der Waals surface area contributed by atoms with Crippen molar-refractivity contribution < 1.29 is 25.0 Å². The summed E-state index contributed by atoms with van der Waals surface area (Å²) in [6, 6.07) is 0.234. The fourth-order valence-electron chi connectivity index (χ4n) is 1.07. The van der Waals surface area contributed by atoms with Crippen molar-refractivity contribution in [1.29, 1.82) is 0 Å². The fourth-order valence-corrected chi connectivity index (χ4v) is 1.07. The van der Waals surface area contributed by atoms with Crippen molar-refractivity contribution in [3.8, 4) is 11.5 Å². The monoisotopic (exact) mass is 383 g/mol. The maximum Gasteiger partial charge on any atom is 2.00 e. The Kier molecular flexibility index (Phi) is 5.50. The Bertz CT molecular complexity index is 506. The average Bonchev–Trinajstić information content (AvgIpc) is 2.15. The molecule has 2 N–H and O–H groups in total. The van der Waals surface area contributed by atoms with Gasteiger partial charge in [0, 0.05) is 0 Å². The van der Waals surface area contributed by atoms with E-state index in [1.165, 1.54) is 0 Å². The molecule has 0 amide bonds. The molecule has 0 radical (unpaired) electrons. The van der Waals surface area contributed by atoms with E-state index in [0.717, 1.165) is 0 Å². The van der Waals surface area contributed by atoms with Crippen LogP contribution in [0.5, 0.6) is 11.5 Å². The van der Waals surface area contributed by atoms with Crippen molar-refractivity contribution in [2.75, 3.05) is 0 Å². The van der Waals surface area contributed by atoms with Crippen molar-refractivity contribution in [2.24, 2.45) is 0 Å².